The monoisotopic (exact) mass is 430 g/mol. The van der Waals surface area contributed by atoms with Crippen molar-refractivity contribution in [3.05, 3.63) is 82.8 Å². The van der Waals surface area contributed by atoms with E-state index >= 15 is 0 Å². The largest absolute Gasteiger partial charge is 0.497 e. The molecule has 3 aromatic rings. The number of nitrogens with zero attached hydrogens (tertiary/aromatic N) is 4. The number of methoxy groups -OCH3 is 1. The third kappa shape index (κ3) is 4.90. The quantitative estimate of drug-likeness (QED) is 0.611. The van der Waals surface area contributed by atoms with E-state index in [2.05, 4.69) is 41.1 Å². The van der Waals surface area contributed by atoms with E-state index in [-0.39, 0.29) is 5.91 Å². The highest BCUT2D eigenvalue weighted by atomic mass is 16.5. The summed E-state index contributed by atoms with van der Waals surface area (Å²) in [4.78, 5) is 26.8. The van der Waals surface area contributed by atoms with Crippen LogP contribution in [0.4, 0.5) is 5.82 Å². The van der Waals surface area contributed by atoms with Crippen molar-refractivity contribution in [1.29, 1.82) is 0 Å². The molecule has 0 bridgehead atoms. The first kappa shape index (κ1) is 21.8. The molecule has 4 rings (SSSR count). The minimum absolute atomic E-state index is 0.0466. The molecule has 0 N–H and O–H groups in total. The Morgan fingerprint density at radius 1 is 0.969 bits per heavy atom. The molecule has 32 heavy (non-hydrogen) atoms. The summed E-state index contributed by atoms with van der Waals surface area (Å²) < 4.78 is 5.28. The maximum Gasteiger partial charge on any atom is 0.254 e. The number of hydrogen-bond donors (Lipinski definition) is 0. The number of rotatable bonds is 5. The molecule has 166 valence electrons. The molecular weight excluding hydrogens is 400 g/mol. The standard InChI is InChI=1S/C26H30N4O2/c1-19-24(17-21-9-5-4-6-10-21)25(28-20(2)27-19)29-13-8-14-30(16-15-29)26(31)22-11-7-12-23(18-22)32-3/h4-7,9-12,18H,8,13-17H2,1-3H3. The number of aryl methyl sites for hydroxylation is 2. The van der Waals surface area contributed by atoms with Crippen LogP contribution in [-0.4, -0.2) is 54.1 Å². The second-order valence-electron chi connectivity index (χ2n) is 8.19. The third-order valence-electron chi connectivity index (χ3n) is 5.93. The Hall–Kier alpha value is -3.41. The molecule has 2 heterocycles. The molecule has 6 nitrogen and oxygen atoms in total. The Kier molecular flexibility index (Phi) is 6.69. The minimum Gasteiger partial charge on any atom is -0.497 e. The number of carbonyl (C=O) groups is 1. The van der Waals surface area contributed by atoms with E-state index in [1.165, 1.54) is 5.56 Å². The van der Waals surface area contributed by atoms with Gasteiger partial charge in [0, 0.05) is 49.4 Å². The molecule has 2 aromatic carbocycles. The number of amides is 1. The van der Waals surface area contributed by atoms with E-state index in [4.69, 9.17) is 9.72 Å². The van der Waals surface area contributed by atoms with Crippen LogP contribution in [0, 0.1) is 13.8 Å². The second kappa shape index (κ2) is 9.81. The molecule has 0 aliphatic carbocycles. The number of ether oxygens (including phenoxy) is 1. The van der Waals surface area contributed by atoms with Crippen molar-refractivity contribution < 1.29 is 9.53 Å². The summed E-state index contributed by atoms with van der Waals surface area (Å²) in [7, 11) is 1.62. The van der Waals surface area contributed by atoms with Gasteiger partial charge in [-0.1, -0.05) is 36.4 Å². The van der Waals surface area contributed by atoms with Gasteiger partial charge < -0.3 is 14.5 Å². The fraction of sp³-hybridized carbons (Fsp3) is 0.346. The number of benzene rings is 2. The summed E-state index contributed by atoms with van der Waals surface area (Å²) in [6.45, 7) is 6.99. The van der Waals surface area contributed by atoms with Crippen molar-refractivity contribution in [3.8, 4) is 5.75 Å². The topological polar surface area (TPSA) is 58.6 Å². The zero-order valence-electron chi connectivity index (χ0n) is 19.0. The number of carbonyl (C=O) groups excluding carboxylic acids is 1. The fourth-order valence-corrected chi connectivity index (χ4v) is 4.26. The molecule has 1 amide bonds. The van der Waals surface area contributed by atoms with Crippen LogP contribution in [0.25, 0.3) is 0 Å². The predicted octanol–water partition coefficient (Wildman–Crippen LogP) is 4.05. The van der Waals surface area contributed by atoms with Gasteiger partial charge in [0.05, 0.1) is 7.11 Å². The molecule has 0 atom stereocenters. The van der Waals surface area contributed by atoms with Crippen LogP contribution >= 0.6 is 0 Å². The van der Waals surface area contributed by atoms with Crippen LogP contribution in [-0.2, 0) is 6.42 Å². The maximum atomic E-state index is 13.1. The van der Waals surface area contributed by atoms with E-state index in [1.807, 2.05) is 36.1 Å². The van der Waals surface area contributed by atoms with Crippen LogP contribution in [0.2, 0.25) is 0 Å². The number of anilines is 1. The Balaban J connectivity index is 1.55. The smallest absolute Gasteiger partial charge is 0.254 e. The summed E-state index contributed by atoms with van der Waals surface area (Å²) in [5, 5.41) is 0. The molecular formula is C26H30N4O2. The third-order valence-corrected chi connectivity index (χ3v) is 5.93. The molecule has 1 aliphatic rings. The van der Waals surface area contributed by atoms with Gasteiger partial charge in [0.2, 0.25) is 0 Å². The van der Waals surface area contributed by atoms with Crippen molar-refractivity contribution in [2.24, 2.45) is 0 Å². The lowest BCUT2D eigenvalue weighted by Crippen LogP contribution is -2.35. The SMILES string of the molecule is COc1cccc(C(=O)N2CCCN(c3nc(C)nc(C)c3Cc3ccccc3)CC2)c1. The zero-order chi connectivity index (χ0) is 22.5. The second-order valence-corrected chi connectivity index (χ2v) is 8.19. The van der Waals surface area contributed by atoms with E-state index in [1.54, 1.807) is 13.2 Å². The minimum atomic E-state index is 0.0466. The molecule has 0 radical (unpaired) electrons. The first-order valence-electron chi connectivity index (χ1n) is 11.1. The molecule has 1 aromatic heterocycles. The van der Waals surface area contributed by atoms with Crippen molar-refractivity contribution in [2.75, 3.05) is 38.2 Å². The lowest BCUT2D eigenvalue weighted by atomic mass is 10.0. The first-order chi connectivity index (χ1) is 15.5. The van der Waals surface area contributed by atoms with Gasteiger partial charge in [0.1, 0.15) is 17.4 Å². The normalized spacial score (nSPS) is 14.2. The highest BCUT2D eigenvalue weighted by Crippen LogP contribution is 2.25. The van der Waals surface area contributed by atoms with E-state index in [0.29, 0.717) is 17.9 Å². The molecule has 0 saturated carbocycles. The maximum absolute atomic E-state index is 13.1. The van der Waals surface area contributed by atoms with Crippen LogP contribution in [0.15, 0.2) is 54.6 Å². The van der Waals surface area contributed by atoms with Crippen molar-refractivity contribution in [1.82, 2.24) is 14.9 Å². The highest BCUT2D eigenvalue weighted by Gasteiger charge is 2.24. The van der Waals surface area contributed by atoms with Gasteiger partial charge >= 0.3 is 0 Å². The van der Waals surface area contributed by atoms with Crippen LogP contribution in [0.3, 0.4) is 0 Å². The molecule has 1 aliphatic heterocycles. The van der Waals surface area contributed by atoms with Gasteiger partial charge in [-0.25, -0.2) is 9.97 Å². The summed E-state index contributed by atoms with van der Waals surface area (Å²) in [5.74, 6) is 2.52. The molecule has 1 fully saturated rings. The summed E-state index contributed by atoms with van der Waals surface area (Å²) in [6.07, 6.45) is 1.69. The molecule has 6 heteroatoms. The fourth-order valence-electron chi connectivity index (χ4n) is 4.26. The van der Waals surface area contributed by atoms with E-state index < -0.39 is 0 Å². The Bertz CT molecular complexity index is 1080. The van der Waals surface area contributed by atoms with Gasteiger partial charge in [-0.05, 0) is 44.0 Å². The molecule has 1 saturated heterocycles. The zero-order valence-corrected chi connectivity index (χ0v) is 19.0. The Labute approximate surface area is 189 Å². The van der Waals surface area contributed by atoms with Gasteiger partial charge in [-0.15, -0.1) is 0 Å². The average molecular weight is 431 g/mol. The van der Waals surface area contributed by atoms with Gasteiger partial charge in [0.25, 0.3) is 5.91 Å². The van der Waals surface area contributed by atoms with Gasteiger partial charge in [-0.2, -0.15) is 0 Å². The van der Waals surface area contributed by atoms with Crippen molar-refractivity contribution >= 4 is 11.7 Å². The lowest BCUT2D eigenvalue weighted by molar-refractivity contribution is 0.0766. The van der Waals surface area contributed by atoms with Crippen LogP contribution in [0.1, 0.15) is 39.4 Å². The lowest BCUT2D eigenvalue weighted by Gasteiger charge is -2.26. The first-order valence-corrected chi connectivity index (χ1v) is 11.1. The summed E-state index contributed by atoms with van der Waals surface area (Å²) in [5.41, 5.74) is 4.09. The summed E-state index contributed by atoms with van der Waals surface area (Å²) in [6, 6.07) is 17.8. The Morgan fingerprint density at radius 3 is 2.56 bits per heavy atom. The molecule has 0 spiro atoms. The van der Waals surface area contributed by atoms with Crippen molar-refractivity contribution in [3.63, 3.8) is 0 Å². The highest BCUT2D eigenvalue weighted by molar-refractivity contribution is 5.94. The average Bonchev–Trinajstić information content (AvgIpc) is 3.07. The number of aromatic nitrogens is 2. The predicted molar refractivity (Wildman–Crippen MR) is 126 cm³/mol. The van der Waals surface area contributed by atoms with Gasteiger partial charge in [0.15, 0.2) is 0 Å². The Morgan fingerprint density at radius 2 is 1.78 bits per heavy atom. The van der Waals surface area contributed by atoms with Gasteiger partial charge in [-0.3, -0.25) is 4.79 Å². The van der Waals surface area contributed by atoms with Crippen molar-refractivity contribution in [2.45, 2.75) is 26.7 Å². The van der Waals surface area contributed by atoms with Crippen LogP contribution < -0.4 is 9.64 Å². The number of hydrogen-bond acceptors (Lipinski definition) is 5. The van der Waals surface area contributed by atoms with Crippen LogP contribution in [0.5, 0.6) is 5.75 Å². The molecule has 0 unspecified atom stereocenters. The van der Waals surface area contributed by atoms with E-state index in [0.717, 1.165) is 55.4 Å². The summed E-state index contributed by atoms with van der Waals surface area (Å²) >= 11 is 0. The van der Waals surface area contributed by atoms with E-state index in [9.17, 15) is 4.79 Å².